The van der Waals surface area contributed by atoms with Crippen molar-refractivity contribution < 1.29 is 8.42 Å². The molecule has 0 saturated carbocycles. The average molecular weight is 283 g/mol. The summed E-state index contributed by atoms with van der Waals surface area (Å²) in [5.74, 6) is 0.262. The first kappa shape index (κ1) is 15.2. The van der Waals surface area contributed by atoms with Crippen molar-refractivity contribution in [2.24, 2.45) is 5.92 Å². The van der Waals surface area contributed by atoms with Crippen LogP contribution in [-0.2, 0) is 10.2 Å². The van der Waals surface area contributed by atoms with Gasteiger partial charge in [-0.05, 0) is 25.7 Å². The highest BCUT2D eigenvalue weighted by molar-refractivity contribution is 7.87. The average Bonchev–Trinajstić information content (AvgIpc) is 2.26. The lowest BCUT2D eigenvalue weighted by atomic mass is 10.1. The van der Waals surface area contributed by atoms with Crippen molar-refractivity contribution >= 4 is 21.8 Å². The molecule has 1 fully saturated rings. The number of halogens is 1. The maximum absolute atomic E-state index is 12.1. The third-order valence-electron chi connectivity index (χ3n) is 3.23. The highest BCUT2D eigenvalue weighted by atomic mass is 35.5. The van der Waals surface area contributed by atoms with Crippen LogP contribution in [-0.4, -0.2) is 37.2 Å². The quantitative estimate of drug-likeness (QED) is 0.784. The van der Waals surface area contributed by atoms with Crippen LogP contribution >= 0.6 is 11.6 Å². The van der Waals surface area contributed by atoms with Crippen LogP contribution in [0.3, 0.4) is 0 Å². The number of alkyl halides is 1. The molecule has 6 heteroatoms. The molecule has 4 nitrogen and oxygen atoms in total. The van der Waals surface area contributed by atoms with Gasteiger partial charge in [0.25, 0.3) is 10.2 Å². The molecule has 0 aromatic carbocycles. The Kier molecular flexibility index (Phi) is 5.70. The molecule has 0 amide bonds. The molecule has 0 bridgehead atoms. The summed E-state index contributed by atoms with van der Waals surface area (Å²) in [5.41, 5.74) is 0. The first-order valence-electron chi connectivity index (χ1n) is 6.25. The van der Waals surface area contributed by atoms with Gasteiger partial charge >= 0.3 is 0 Å². The van der Waals surface area contributed by atoms with Crippen LogP contribution in [0.25, 0.3) is 0 Å². The Hall–Kier alpha value is 0.160. The van der Waals surface area contributed by atoms with Crippen LogP contribution < -0.4 is 4.72 Å². The lowest BCUT2D eigenvalue weighted by Gasteiger charge is -2.32. The number of hydrogen-bond acceptors (Lipinski definition) is 2. The number of nitrogens with one attached hydrogen (secondary N) is 1. The first-order chi connectivity index (χ1) is 7.84. The zero-order valence-corrected chi connectivity index (χ0v) is 12.4. The molecule has 0 aromatic rings. The fraction of sp³-hybridized carbons (Fsp3) is 1.00. The van der Waals surface area contributed by atoms with Gasteiger partial charge in [-0.2, -0.15) is 12.7 Å². The zero-order valence-electron chi connectivity index (χ0n) is 10.8. The molecule has 1 rings (SSSR count). The summed E-state index contributed by atoms with van der Waals surface area (Å²) in [7, 11) is -3.36. The van der Waals surface area contributed by atoms with Gasteiger partial charge in [-0.3, -0.25) is 0 Å². The van der Waals surface area contributed by atoms with Crippen LogP contribution in [0, 0.1) is 5.92 Å². The van der Waals surface area contributed by atoms with Gasteiger partial charge in [0.2, 0.25) is 0 Å². The van der Waals surface area contributed by atoms with Gasteiger partial charge in [0.15, 0.2) is 0 Å². The van der Waals surface area contributed by atoms with E-state index in [1.165, 1.54) is 0 Å². The van der Waals surface area contributed by atoms with Gasteiger partial charge in [0.1, 0.15) is 0 Å². The topological polar surface area (TPSA) is 49.4 Å². The molecule has 0 radical (unpaired) electrons. The van der Waals surface area contributed by atoms with E-state index in [9.17, 15) is 8.42 Å². The predicted molar refractivity (Wildman–Crippen MR) is 71.4 cm³/mol. The number of rotatable bonds is 5. The molecule has 1 aliphatic heterocycles. The Morgan fingerprint density at radius 3 is 2.59 bits per heavy atom. The lowest BCUT2D eigenvalue weighted by Crippen LogP contribution is -2.49. The Balaban J connectivity index is 2.55. The summed E-state index contributed by atoms with van der Waals surface area (Å²) in [6.07, 6.45) is 2.99. The highest BCUT2D eigenvalue weighted by Crippen LogP contribution is 2.19. The highest BCUT2D eigenvalue weighted by Gasteiger charge is 2.29. The molecule has 1 heterocycles. The molecule has 2 atom stereocenters. The Labute approximate surface area is 110 Å². The van der Waals surface area contributed by atoms with E-state index < -0.39 is 10.2 Å². The SMILES string of the molecule is CC(C)C(Cl)CNS(=O)(=O)N1CCCCC1C. The summed E-state index contributed by atoms with van der Waals surface area (Å²) >= 11 is 6.05. The van der Waals surface area contributed by atoms with Crippen molar-refractivity contribution in [2.45, 2.75) is 51.5 Å². The molecule has 0 aliphatic carbocycles. The summed E-state index contributed by atoms with van der Waals surface area (Å²) in [5, 5.41) is -0.162. The van der Waals surface area contributed by atoms with Crippen LogP contribution in [0.5, 0.6) is 0 Å². The van der Waals surface area contributed by atoms with Crippen LogP contribution in [0.15, 0.2) is 0 Å². The Morgan fingerprint density at radius 2 is 2.06 bits per heavy atom. The molecule has 0 aromatic heterocycles. The number of hydrogen-bond donors (Lipinski definition) is 1. The summed E-state index contributed by atoms with van der Waals surface area (Å²) < 4.78 is 28.3. The van der Waals surface area contributed by atoms with E-state index in [1.807, 2.05) is 20.8 Å². The normalized spacial score (nSPS) is 25.1. The van der Waals surface area contributed by atoms with Crippen molar-refractivity contribution in [1.29, 1.82) is 0 Å². The first-order valence-corrected chi connectivity index (χ1v) is 8.12. The predicted octanol–water partition coefficient (Wildman–Crippen LogP) is 1.96. The lowest BCUT2D eigenvalue weighted by molar-refractivity contribution is 0.265. The monoisotopic (exact) mass is 282 g/mol. The van der Waals surface area contributed by atoms with Gasteiger partial charge in [0, 0.05) is 24.5 Å². The van der Waals surface area contributed by atoms with Crippen molar-refractivity contribution in [1.82, 2.24) is 9.03 Å². The second-order valence-corrected chi connectivity index (χ2v) is 7.34. The van der Waals surface area contributed by atoms with Gasteiger partial charge in [-0.25, -0.2) is 4.72 Å². The van der Waals surface area contributed by atoms with Crippen molar-refractivity contribution in [3.8, 4) is 0 Å². The zero-order chi connectivity index (χ0) is 13.1. The summed E-state index contributed by atoms with van der Waals surface area (Å²) in [6, 6.07) is 0.0917. The summed E-state index contributed by atoms with van der Waals surface area (Å²) in [4.78, 5) is 0. The van der Waals surface area contributed by atoms with Gasteiger partial charge in [-0.1, -0.05) is 20.3 Å². The Morgan fingerprint density at radius 1 is 1.41 bits per heavy atom. The third kappa shape index (κ3) is 4.39. The van der Waals surface area contributed by atoms with Crippen molar-refractivity contribution in [2.75, 3.05) is 13.1 Å². The van der Waals surface area contributed by atoms with E-state index in [1.54, 1.807) is 4.31 Å². The van der Waals surface area contributed by atoms with E-state index in [2.05, 4.69) is 4.72 Å². The van der Waals surface area contributed by atoms with E-state index in [-0.39, 0.29) is 17.3 Å². The molecule has 17 heavy (non-hydrogen) atoms. The van der Waals surface area contributed by atoms with E-state index >= 15 is 0 Å². The fourth-order valence-corrected chi connectivity index (χ4v) is 3.61. The van der Waals surface area contributed by atoms with Crippen LogP contribution in [0.1, 0.15) is 40.0 Å². The maximum atomic E-state index is 12.1. The van der Waals surface area contributed by atoms with Gasteiger partial charge < -0.3 is 0 Å². The minimum atomic E-state index is -3.36. The molecule has 102 valence electrons. The Bertz CT molecular complexity index is 332. The van der Waals surface area contributed by atoms with E-state index in [4.69, 9.17) is 11.6 Å². The van der Waals surface area contributed by atoms with E-state index in [0.29, 0.717) is 13.1 Å². The molecule has 1 aliphatic rings. The minimum Gasteiger partial charge on any atom is -0.201 e. The number of nitrogens with zero attached hydrogens (tertiary/aromatic N) is 1. The fourth-order valence-electron chi connectivity index (χ4n) is 1.93. The smallest absolute Gasteiger partial charge is 0.201 e. The molecule has 1 N–H and O–H groups in total. The van der Waals surface area contributed by atoms with Crippen LogP contribution in [0.2, 0.25) is 0 Å². The second kappa shape index (κ2) is 6.36. The van der Waals surface area contributed by atoms with Gasteiger partial charge in [-0.15, -0.1) is 11.6 Å². The molecule has 2 unspecified atom stereocenters. The minimum absolute atomic E-state index is 0.0917. The third-order valence-corrected chi connectivity index (χ3v) is 5.58. The van der Waals surface area contributed by atoms with Gasteiger partial charge in [0.05, 0.1) is 0 Å². The molecule has 1 saturated heterocycles. The number of piperidine rings is 1. The second-order valence-electron chi connectivity index (χ2n) is 5.07. The molecule has 0 spiro atoms. The molecular formula is C11H23ClN2O2S. The van der Waals surface area contributed by atoms with E-state index in [0.717, 1.165) is 19.3 Å². The van der Waals surface area contributed by atoms with Crippen molar-refractivity contribution in [3.05, 3.63) is 0 Å². The largest absolute Gasteiger partial charge is 0.279 e. The van der Waals surface area contributed by atoms with Crippen LogP contribution in [0.4, 0.5) is 0 Å². The maximum Gasteiger partial charge on any atom is 0.279 e. The molecular weight excluding hydrogens is 260 g/mol. The van der Waals surface area contributed by atoms with Crippen molar-refractivity contribution in [3.63, 3.8) is 0 Å². The standard InChI is InChI=1S/C11H23ClN2O2S/c1-9(2)11(12)8-13-17(15,16)14-7-5-4-6-10(14)3/h9-11,13H,4-8H2,1-3H3. The summed E-state index contributed by atoms with van der Waals surface area (Å²) in [6.45, 7) is 6.83.